The fourth-order valence-electron chi connectivity index (χ4n) is 3.55. The lowest BCUT2D eigenvalue weighted by atomic mass is 10.1. The van der Waals surface area contributed by atoms with E-state index >= 15 is 0 Å². The van der Waals surface area contributed by atoms with Crippen molar-refractivity contribution in [3.05, 3.63) is 48.0 Å². The molecule has 1 amide bonds. The van der Waals surface area contributed by atoms with E-state index < -0.39 is 10.0 Å². The van der Waals surface area contributed by atoms with Crippen LogP contribution in [0.1, 0.15) is 17.3 Å². The molecule has 0 saturated carbocycles. The van der Waals surface area contributed by atoms with Gasteiger partial charge in [-0.25, -0.2) is 8.42 Å². The molecule has 1 aromatic heterocycles. The Morgan fingerprint density at radius 3 is 2.59 bits per heavy atom. The molecule has 32 heavy (non-hydrogen) atoms. The molecule has 0 radical (unpaired) electrons. The highest BCUT2D eigenvalue weighted by Crippen LogP contribution is 2.26. The first kappa shape index (κ1) is 22.6. The average molecular weight is 477 g/mol. The smallest absolute Gasteiger partial charge is 0.257 e. The third-order valence-electron chi connectivity index (χ3n) is 5.20. The monoisotopic (exact) mass is 476 g/mol. The van der Waals surface area contributed by atoms with E-state index in [0.29, 0.717) is 42.2 Å². The number of carbonyl (C=O) groups excluding carboxylic acids is 1. The number of aromatic nitrogens is 2. The van der Waals surface area contributed by atoms with Gasteiger partial charge in [0.2, 0.25) is 10.0 Å². The maximum Gasteiger partial charge on any atom is 0.257 e. The predicted octanol–water partition coefficient (Wildman–Crippen LogP) is 2.25. The SMILES string of the molecule is CCOCCOc1ccccc1C(=O)N1CCN(S(=O)(=O)c2cccc3nsnc23)CC1. The number of sulfonamides is 1. The van der Waals surface area contributed by atoms with Crippen LogP contribution >= 0.6 is 11.7 Å². The lowest BCUT2D eigenvalue weighted by Crippen LogP contribution is -2.50. The molecule has 0 atom stereocenters. The van der Waals surface area contributed by atoms with Crippen LogP contribution in [0.4, 0.5) is 0 Å². The molecule has 1 aliphatic rings. The zero-order valence-corrected chi connectivity index (χ0v) is 19.3. The third-order valence-corrected chi connectivity index (χ3v) is 7.67. The van der Waals surface area contributed by atoms with Gasteiger partial charge in [0, 0.05) is 32.8 Å². The number of carbonyl (C=O) groups is 1. The topological polar surface area (TPSA) is 102 Å². The minimum atomic E-state index is -3.74. The molecule has 0 spiro atoms. The number of fused-ring (bicyclic) bond motifs is 1. The summed E-state index contributed by atoms with van der Waals surface area (Å²) in [5, 5.41) is 0. The van der Waals surface area contributed by atoms with Crippen LogP contribution in [0.25, 0.3) is 11.0 Å². The molecule has 1 fully saturated rings. The Hall–Kier alpha value is -2.60. The van der Waals surface area contributed by atoms with Crippen molar-refractivity contribution in [1.29, 1.82) is 0 Å². The van der Waals surface area contributed by atoms with Gasteiger partial charge >= 0.3 is 0 Å². The van der Waals surface area contributed by atoms with E-state index in [1.165, 1.54) is 4.31 Å². The number of nitrogens with zero attached hydrogens (tertiary/aromatic N) is 4. The summed E-state index contributed by atoms with van der Waals surface area (Å²) in [5.41, 5.74) is 1.40. The second-order valence-electron chi connectivity index (χ2n) is 7.13. The molecule has 9 nitrogen and oxygen atoms in total. The number of hydrogen-bond donors (Lipinski definition) is 0. The molecular weight excluding hydrogens is 452 g/mol. The van der Waals surface area contributed by atoms with Crippen LogP contribution in [0.5, 0.6) is 5.75 Å². The maximum absolute atomic E-state index is 13.2. The van der Waals surface area contributed by atoms with Crippen molar-refractivity contribution in [3.8, 4) is 5.75 Å². The van der Waals surface area contributed by atoms with Crippen molar-refractivity contribution in [2.75, 3.05) is 46.0 Å². The van der Waals surface area contributed by atoms with Crippen molar-refractivity contribution in [3.63, 3.8) is 0 Å². The number of piperazine rings is 1. The Morgan fingerprint density at radius 1 is 1.03 bits per heavy atom. The van der Waals surface area contributed by atoms with Gasteiger partial charge in [0.05, 0.1) is 23.9 Å². The highest BCUT2D eigenvalue weighted by atomic mass is 32.2. The quantitative estimate of drug-likeness (QED) is 0.460. The Labute approximate surface area is 190 Å². The Morgan fingerprint density at radius 2 is 1.81 bits per heavy atom. The minimum Gasteiger partial charge on any atom is -0.490 e. The third kappa shape index (κ3) is 4.60. The normalized spacial score (nSPS) is 15.2. The highest BCUT2D eigenvalue weighted by molar-refractivity contribution is 7.89. The molecule has 1 aliphatic heterocycles. The summed E-state index contributed by atoms with van der Waals surface area (Å²) in [6, 6.07) is 12.0. The van der Waals surface area contributed by atoms with Crippen molar-refractivity contribution < 1.29 is 22.7 Å². The molecule has 2 heterocycles. The first-order chi connectivity index (χ1) is 15.5. The van der Waals surface area contributed by atoms with Gasteiger partial charge in [-0.2, -0.15) is 13.1 Å². The van der Waals surface area contributed by atoms with Crippen LogP contribution in [-0.2, 0) is 14.8 Å². The average Bonchev–Trinajstić information content (AvgIpc) is 3.31. The largest absolute Gasteiger partial charge is 0.490 e. The number of amides is 1. The van der Waals surface area contributed by atoms with Crippen molar-refractivity contribution in [2.45, 2.75) is 11.8 Å². The molecule has 2 aromatic carbocycles. The zero-order valence-electron chi connectivity index (χ0n) is 17.6. The van der Waals surface area contributed by atoms with Gasteiger partial charge in [-0.05, 0) is 31.2 Å². The van der Waals surface area contributed by atoms with Gasteiger partial charge in [-0.15, -0.1) is 0 Å². The second kappa shape index (κ2) is 9.90. The van der Waals surface area contributed by atoms with Crippen LogP contribution in [0, 0.1) is 0 Å². The standard InChI is InChI=1S/C21H24N4O5S2/c1-2-29-14-15-30-18-8-4-3-6-16(18)21(26)24-10-12-25(13-11-24)32(27,28)19-9-5-7-17-20(19)23-31-22-17/h3-9H,2,10-15H2,1H3. The molecule has 3 aromatic rings. The molecule has 4 rings (SSSR count). The number of benzene rings is 2. The van der Waals surface area contributed by atoms with E-state index in [2.05, 4.69) is 8.75 Å². The van der Waals surface area contributed by atoms with Crippen molar-refractivity contribution in [2.24, 2.45) is 0 Å². The highest BCUT2D eigenvalue weighted by Gasteiger charge is 2.32. The summed E-state index contributed by atoms with van der Waals surface area (Å²) in [4.78, 5) is 14.9. The van der Waals surface area contributed by atoms with E-state index in [4.69, 9.17) is 9.47 Å². The van der Waals surface area contributed by atoms with Gasteiger partial charge in [0.15, 0.2) is 0 Å². The Balaban J connectivity index is 1.44. The first-order valence-electron chi connectivity index (χ1n) is 10.3. The summed E-state index contributed by atoms with van der Waals surface area (Å²) in [6.45, 7) is 4.28. The lowest BCUT2D eigenvalue weighted by molar-refractivity contribution is 0.0688. The molecule has 0 N–H and O–H groups in total. The number of ether oxygens (including phenoxy) is 2. The molecule has 0 bridgehead atoms. The van der Waals surface area contributed by atoms with E-state index in [9.17, 15) is 13.2 Å². The fraction of sp³-hybridized carbons (Fsp3) is 0.381. The van der Waals surface area contributed by atoms with Gasteiger partial charge < -0.3 is 14.4 Å². The van der Waals surface area contributed by atoms with Gasteiger partial charge in [-0.1, -0.05) is 18.2 Å². The molecular formula is C21H24N4O5S2. The summed E-state index contributed by atoms with van der Waals surface area (Å²) < 4.78 is 47.1. The summed E-state index contributed by atoms with van der Waals surface area (Å²) >= 11 is 0.986. The van der Waals surface area contributed by atoms with E-state index in [1.54, 1.807) is 41.3 Å². The summed E-state index contributed by atoms with van der Waals surface area (Å²) in [6.07, 6.45) is 0. The van der Waals surface area contributed by atoms with Gasteiger partial charge in [-0.3, -0.25) is 4.79 Å². The number of hydrogen-bond acceptors (Lipinski definition) is 8. The van der Waals surface area contributed by atoms with E-state index in [-0.39, 0.29) is 37.0 Å². The second-order valence-corrected chi connectivity index (χ2v) is 9.56. The number of rotatable bonds is 8. The van der Waals surface area contributed by atoms with Crippen molar-refractivity contribution in [1.82, 2.24) is 18.0 Å². The first-order valence-corrected chi connectivity index (χ1v) is 12.5. The maximum atomic E-state index is 13.2. The molecule has 0 unspecified atom stereocenters. The van der Waals surface area contributed by atoms with Crippen LogP contribution in [0.15, 0.2) is 47.4 Å². The lowest BCUT2D eigenvalue weighted by Gasteiger charge is -2.34. The molecule has 0 aliphatic carbocycles. The van der Waals surface area contributed by atoms with Crippen LogP contribution in [-0.4, -0.2) is 78.3 Å². The predicted molar refractivity (Wildman–Crippen MR) is 121 cm³/mol. The van der Waals surface area contributed by atoms with Crippen LogP contribution in [0.3, 0.4) is 0 Å². The van der Waals surface area contributed by atoms with Crippen LogP contribution < -0.4 is 4.74 Å². The minimum absolute atomic E-state index is 0.150. The Bertz CT molecular complexity index is 1190. The Kier molecular flexibility index (Phi) is 6.99. The zero-order chi connectivity index (χ0) is 22.6. The van der Waals surface area contributed by atoms with Gasteiger partial charge in [0.25, 0.3) is 5.91 Å². The molecule has 170 valence electrons. The van der Waals surface area contributed by atoms with Crippen molar-refractivity contribution >= 4 is 38.7 Å². The van der Waals surface area contributed by atoms with Gasteiger partial charge in [0.1, 0.15) is 28.3 Å². The summed E-state index contributed by atoms with van der Waals surface area (Å²) in [5.74, 6) is 0.315. The van der Waals surface area contributed by atoms with Crippen LogP contribution in [0.2, 0.25) is 0 Å². The number of para-hydroxylation sites is 1. The van der Waals surface area contributed by atoms with E-state index in [1.807, 2.05) is 13.0 Å². The molecule has 1 saturated heterocycles. The molecule has 11 heteroatoms. The summed E-state index contributed by atoms with van der Waals surface area (Å²) in [7, 11) is -3.74. The van der Waals surface area contributed by atoms with E-state index in [0.717, 1.165) is 11.7 Å². The fourth-order valence-corrected chi connectivity index (χ4v) is 5.73.